The van der Waals surface area contributed by atoms with E-state index in [2.05, 4.69) is 4.90 Å². The van der Waals surface area contributed by atoms with Gasteiger partial charge in [0.15, 0.2) is 0 Å². The van der Waals surface area contributed by atoms with Crippen LogP contribution in [-0.2, 0) is 9.53 Å². The molecule has 0 aliphatic carbocycles. The van der Waals surface area contributed by atoms with Gasteiger partial charge in [0, 0.05) is 18.2 Å². The van der Waals surface area contributed by atoms with Crippen molar-refractivity contribution in [3.05, 3.63) is 35.9 Å². The second kappa shape index (κ2) is 10.3. The van der Waals surface area contributed by atoms with Gasteiger partial charge in [-0.3, -0.25) is 4.90 Å². The zero-order valence-corrected chi connectivity index (χ0v) is 14.7. The Morgan fingerprint density at radius 1 is 1.26 bits per heavy atom. The van der Waals surface area contributed by atoms with Gasteiger partial charge in [0.25, 0.3) is 0 Å². The van der Waals surface area contributed by atoms with E-state index >= 15 is 0 Å². The quantitative estimate of drug-likeness (QED) is 0.587. The van der Waals surface area contributed by atoms with Crippen LogP contribution >= 0.6 is 12.4 Å². The molecule has 0 saturated carbocycles. The molecule has 1 fully saturated rings. The standard InChI is InChI=1S/C18H25NO3.ClH/c1-15(14-19-12-6-3-7-13-19)22-18(20)11-10-16-8-4-5-9-17(16)21-2;/h4-5,8-11,15H,3,6-7,12-14H2,1-2H3;1H. The summed E-state index contributed by atoms with van der Waals surface area (Å²) in [5.74, 6) is 0.434. The van der Waals surface area contributed by atoms with Crippen LogP contribution in [0, 0.1) is 0 Å². The van der Waals surface area contributed by atoms with Crippen molar-refractivity contribution in [1.82, 2.24) is 4.90 Å². The van der Waals surface area contributed by atoms with Gasteiger partial charge in [0.1, 0.15) is 11.9 Å². The normalized spacial score (nSPS) is 16.6. The summed E-state index contributed by atoms with van der Waals surface area (Å²) in [5.41, 5.74) is 0.866. The summed E-state index contributed by atoms with van der Waals surface area (Å²) in [6, 6.07) is 7.57. The van der Waals surface area contributed by atoms with Crippen LogP contribution in [0.2, 0.25) is 0 Å². The molecule has 0 bridgehead atoms. The molecule has 0 amide bonds. The lowest BCUT2D eigenvalue weighted by Crippen LogP contribution is -2.36. The van der Waals surface area contributed by atoms with Gasteiger partial charge in [-0.05, 0) is 45.0 Å². The Hall–Kier alpha value is -1.52. The highest BCUT2D eigenvalue weighted by Crippen LogP contribution is 2.18. The number of esters is 1. The average Bonchev–Trinajstić information content (AvgIpc) is 2.54. The van der Waals surface area contributed by atoms with Crippen molar-refractivity contribution < 1.29 is 14.3 Å². The molecule has 1 saturated heterocycles. The maximum Gasteiger partial charge on any atom is 0.331 e. The predicted molar refractivity (Wildman–Crippen MR) is 95.1 cm³/mol. The molecule has 1 aromatic carbocycles. The van der Waals surface area contributed by atoms with Crippen molar-refractivity contribution in [2.75, 3.05) is 26.7 Å². The SMILES string of the molecule is COc1ccccc1C=CC(=O)OC(C)CN1CCCCC1.Cl. The highest BCUT2D eigenvalue weighted by Gasteiger charge is 2.15. The van der Waals surface area contributed by atoms with Crippen LogP contribution in [0.1, 0.15) is 31.7 Å². The third-order valence-electron chi connectivity index (χ3n) is 3.82. The van der Waals surface area contributed by atoms with Crippen LogP contribution in [0.15, 0.2) is 30.3 Å². The van der Waals surface area contributed by atoms with Gasteiger partial charge in [-0.1, -0.05) is 24.6 Å². The highest BCUT2D eigenvalue weighted by atomic mass is 35.5. The lowest BCUT2D eigenvalue weighted by atomic mass is 10.1. The summed E-state index contributed by atoms with van der Waals surface area (Å²) in [5, 5.41) is 0. The molecule has 1 aliphatic rings. The van der Waals surface area contributed by atoms with Crippen LogP contribution in [0.5, 0.6) is 5.75 Å². The van der Waals surface area contributed by atoms with Crippen LogP contribution in [0.3, 0.4) is 0 Å². The monoisotopic (exact) mass is 339 g/mol. The van der Waals surface area contributed by atoms with Crippen LogP contribution < -0.4 is 4.74 Å². The van der Waals surface area contributed by atoms with E-state index in [1.165, 1.54) is 25.3 Å². The third kappa shape index (κ3) is 6.63. The largest absolute Gasteiger partial charge is 0.496 e. The molecule has 0 aromatic heterocycles. The zero-order valence-electron chi connectivity index (χ0n) is 13.9. The van der Waals surface area contributed by atoms with E-state index < -0.39 is 0 Å². The molecule has 1 aromatic rings. The number of halogens is 1. The average molecular weight is 340 g/mol. The number of para-hydroxylation sites is 1. The maximum atomic E-state index is 11.9. The van der Waals surface area contributed by atoms with E-state index in [1.54, 1.807) is 13.2 Å². The molecule has 23 heavy (non-hydrogen) atoms. The van der Waals surface area contributed by atoms with Gasteiger partial charge in [-0.25, -0.2) is 4.79 Å². The Labute approximate surface area is 144 Å². The second-order valence-corrected chi connectivity index (χ2v) is 5.68. The Morgan fingerprint density at radius 2 is 1.96 bits per heavy atom. The molecular weight excluding hydrogens is 314 g/mol. The Balaban J connectivity index is 0.00000264. The van der Waals surface area contributed by atoms with Crippen molar-refractivity contribution >= 4 is 24.5 Å². The summed E-state index contributed by atoms with van der Waals surface area (Å²) in [4.78, 5) is 14.3. The number of piperidine rings is 1. The van der Waals surface area contributed by atoms with E-state index in [9.17, 15) is 4.79 Å². The smallest absolute Gasteiger partial charge is 0.331 e. The number of ether oxygens (including phenoxy) is 2. The molecule has 2 rings (SSSR count). The van der Waals surface area contributed by atoms with Gasteiger partial charge < -0.3 is 9.47 Å². The fraction of sp³-hybridized carbons (Fsp3) is 0.500. The first-order chi connectivity index (χ1) is 10.7. The van der Waals surface area contributed by atoms with Crippen LogP contribution in [0.4, 0.5) is 0 Å². The third-order valence-corrected chi connectivity index (χ3v) is 3.82. The molecule has 5 heteroatoms. The minimum atomic E-state index is -0.310. The van der Waals surface area contributed by atoms with Crippen molar-refractivity contribution in [2.45, 2.75) is 32.3 Å². The Bertz CT molecular complexity index is 513. The Morgan fingerprint density at radius 3 is 2.65 bits per heavy atom. The van der Waals surface area contributed by atoms with Gasteiger partial charge in [-0.15, -0.1) is 12.4 Å². The van der Waals surface area contributed by atoms with Gasteiger partial charge in [-0.2, -0.15) is 0 Å². The van der Waals surface area contributed by atoms with Gasteiger partial charge in [0.05, 0.1) is 7.11 Å². The summed E-state index contributed by atoms with van der Waals surface area (Å²) in [7, 11) is 1.62. The lowest BCUT2D eigenvalue weighted by Gasteiger charge is -2.28. The van der Waals surface area contributed by atoms with Crippen LogP contribution in [0.25, 0.3) is 6.08 Å². The second-order valence-electron chi connectivity index (χ2n) is 5.68. The van der Waals surface area contributed by atoms with Crippen molar-refractivity contribution in [2.24, 2.45) is 0 Å². The van der Waals surface area contributed by atoms with Gasteiger partial charge in [0.2, 0.25) is 0 Å². The fourth-order valence-corrected chi connectivity index (χ4v) is 2.74. The Kier molecular flexibility index (Phi) is 8.74. The number of hydrogen-bond acceptors (Lipinski definition) is 4. The zero-order chi connectivity index (χ0) is 15.8. The van der Waals surface area contributed by atoms with E-state index in [0.29, 0.717) is 0 Å². The molecule has 1 atom stereocenters. The van der Waals surface area contributed by atoms with E-state index in [1.807, 2.05) is 31.2 Å². The lowest BCUT2D eigenvalue weighted by molar-refractivity contribution is -0.143. The van der Waals surface area contributed by atoms with Crippen molar-refractivity contribution in [3.63, 3.8) is 0 Å². The topological polar surface area (TPSA) is 38.8 Å². The molecule has 1 unspecified atom stereocenters. The number of benzene rings is 1. The van der Waals surface area contributed by atoms with Crippen molar-refractivity contribution in [1.29, 1.82) is 0 Å². The molecule has 0 N–H and O–H groups in total. The van der Waals surface area contributed by atoms with Gasteiger partial charge >= 0.3 is 5.97 Å². The number of rotatable bonds is 6. The summed E-state index contributed by atoms with van der Waals surface area (Å²) in [6.45, 7) is 4.98. The maximum absolute atomic E-state index is 11.9. The number of carbonyl (C=O) groups excluding carboxylic acids is 1. The molecule has 4 nitrogen and oxygen atoms in total. The molecular formula is C18H26ClNO3. The van der Waals surface area contributed by atoms with E-state index in [-0.39, 0.29) is 24.5 Å². The number of carbonyl (C=O) groups is 1. The first kappa shape index (κ1) is 19.5. The number of hydrogen-bond donors (Lipinski definition) is 0. The predicted octanol–water partition coefficient (Wildman–Crippen LogP) is 3.55. The molecule has 1 aliphatic heterocycles. The summed E-state index contributed by atoms with van der Waals surface area (Å²) >= 11 is 0. The van der Waals surface area contributed by atoms with E-state index in [0.717, 1.165) is 30.9 Å². The number of nitrogens with zero attached hydrogens (tertiary/aromatic N) is 1. The summed E-state index contributed by atoms with van der Waals surface area (Å²) in [6.07, 6.45) is 6.90. The van der Waals surface area contributed by atoms with Crippen molar-refractivity contribution in [3.8, 4) is 5.75 Å². The number of likely N-dealkylation sites (tertiary alicyclic amines) is 1. The highest BCUT2D eigenvalue weighted by molar-refractivity contribution is 5.87. The molecule has 1 heterocycles. The van der Waals surface area contributed by atoms with E-state index in [4.69, 9.17) is 9.47 Å². The first-order valence-corrected chi connectivity index (χ1v) is 7.93. The fourth-order valence-electron chi connectivity index (χ4n) is 2.74. The minimum Gasteiger partial charge on any atom is -0.496 e. The van der Waals surface area contributed by atoms with Crippen LogP contribution in [-0.4, -0.2) is 43.7 Å². The molecule has 0 spiro atoms. The molecule has 128 valence electrons. The number of methoxy groups -OCH3 is 1. The minimum absolute atomic E-state index is 0. The first-order valence-electron chi connectivity index (χ1n) is 7.93. The summed E-state index contributed by atoms with van der Waals surface area (Å²) < 4.78 is 10.7. The molecule has 0 radical (unpaired) electrons.